The number of likely N-dealkylation sites (tertiary alicyclic amines) is 1. The molecule has 3 heterocycles. The van der Waals surface area contributed by atoms with E-state index in [1.165, 1.54) is 15.9 Å². The molecule has 0 spiro atoms. The highest BCUT2D eigenvalue weighted by Gasteiger charge is 2.34. The fourth-order valence-corrected chi connectivity index (χ4v) is 6.35. The van der Waals surface area contributed by atoms with E-state index in [-0.39, 0.29) is 69.0 Å². The first kappa shape index (κ1) is 35.1. The van der Waals surface area contributed by atoms with Gasteiger partial charge in [0.25, 0.3) is 11.8 Å². The fraction of sp³-hybridized carbons (Fsp3) is 0.444. The van der Waals surface area contributed by atoms with Gasteiger partial charge < -0.3 is 34.6 Å². The molecule has 0 aliphatic carbocycles. The van der Waals surface area contributed by atoms with Crippen LogP contribution in [0, 0.1) is 6.92 Å². The van der Waals surface area contributed by atoms with E-state index in [9.17, 15) is 29.1 Å². The minimum atomic E-state index is -1.15. The van der Waals surface area contributed by atoms with Gasteiger partial charge >= 0.3 is 12.1 Å². The van der Waals surface area contributed by atoms with Crippen molar-refractivity contribution in [1.82, 2.24) is 25.0 Å². The van der Waals surface area contributed by atoms with E-state index in [1.807, 2.05) is 54.3 Å². The van der Waals surface area contributed by atoms with Crippen molar-refractivity contribution < 1.29 is 38.6 Å². The number of aromatic nitrogens is 1. The van der Waals surface area contributed by atoms with E-state index in [0.29, 0.717) is 17.4 Å². The first-order valence-electron chi connectivity index (χ1n) is 16.7. The van der Waals surface area contributed by atoms with E-state index in [1.54, 1.807) is 19.9 Å². The molecule has 2 aliphatic rings. The molecular weight excluding hydrogens is 630 g/mol. The monoisotopic (exact) mass is 673 g/mol. The van der Waals surface area contributed by atoms with Crippen molar-refractivity contribution in [2.24, 2.45) is 0 Å². The van der Waals surface area contributed by atoms with Crippen molar-refractivity contribution >= 4 is 40.7 Å². The number of carboxylic acids is 1. The van der Waals surface area contributed by atoms with Gasteiger partial charge in [0, 0.05) is 50.6 Å². The van der Waals surface area contributed by atoms with Gasteiger partial charge in [-0.05, 0) is 63.3 Å². The number of ether oxygens (including phenoxy) is 2. The van der Waals surface area contributed by atoms with Crippen molar-refractivity contribution in [1.29, 1.82) is 0 Å². The number of aliphatic carboxylic acids is 1. The molecule has 2 saturated heterocycles. The highest BCUT2D eigenvalue weighted by atomic mass is 16.6. The van der Waals surface area contributed by atoms with Gasteiger partial charge in [0.05, 0.1) is 18.2 Å². The molecule has 2 fully saturated rings. The zero-order valence-corrected chi connectivity index (χ0v) is 28.1. The Balaban J connectivity index is 1.35. The summed E-state index contributed by atoms with van der Waals surface area (Å²) in [5.41, 5.74) is 2.38. The molecule has 2 aliphatic heterocycles. The lowest BCUT2D eigenvalue weighted by atomic mass is 10.0. The van der Waals surface area contributed by atoms with Crippen molar-refractivity contribution in [3.8, 4) is 5.75 Å². The molecule has 2 aromatic carbocycles. The van der Waals surface area contributed by atoms with Gasteiger partial charge in [0.15, 0.2) is 6.10 Å². The number of nitrogens with one attached hydrogen (secondary N) is 1. The fourth-order valence-electron chi connectivity index (χ4n) is 6.35. The summed E-state index contributed by atoms with van der Waals surface area (Å²) in [6, 6.07) is 15.7. The predicted octanol–water partition coefficient (Wildman–Crippen LogP) is 3.94. The van der Waals surface area contributed by atoms with Gasteiger partial charge in [-0.15, -0.1) is 0 Å². The summed E-state index contributed by atoms with van der Waals surface area (Å²) in [6.07, 6.45) is -0.0924. The Labute approximate surface area is 285 Å². The average Bonchev–Trinajstić information content (AvgIpc) is 3.59. The molecule has 4 amide bonds. The van der Waals surface area contributed by atoms with Crippen LogP contribution in [0.25, 0.3) is 10.9 Å². The Kier molecular flexibility index (Phi) is 11.3. The number of rotatable bonds is 11. The van der Waals surface area contributed by atoms with Crippen LogP contribution in [0.2, 0.25) is 0 Å². The Morgan fingerprint density at radius 1 is 0.959 bits per heavy atom. The third-order valence-corrected chi connectivity index (χ3v) is 8.90. The molecule has 13 heteroatoms. The summed E-state index contributed by atoms with van der Waals surface area (Å²) < 4.78 is 11.3. The maximum atomic E-state index is 13.7. The van der Waals surface area contributed by atoms with Crippen LogP contribution in [0.3, 0.4) is 0 Å². The number of benzene rings is 2. The first-order valence-corrected chi connectivity index (χ1v) is 16.7. The summed E-state index contributed by atoms with van der Waals surface area (Å²) >= 11 is 0. The van der Waals surface area contributed by atoms with E-state index in [4.69, 9.17) is 9.47 Å². The lowest BCUT2D eigenvalue weighted by molar-refractivity contribution is -0.139. The minimum Gasteiger partial charge on any atom is -0.481 e. The largest absolute Gasteiger partial charge is 0.481 e. The van der Waals surface area contributed by atoms with Crippen LogP contribution in [0.5, 0.6) is 5.75 Å². The molecule has 1 unspecified atom stereocenters. The van der Waals surface area contributed by atoms with Crippen molar-refractivity contribution in [2.75, 3.05) is 39.3 Å². The lowest BCUT2D eigenvalue weighted by Gasteiger charge is -2.35. The number of carbonyl (C=O) groups excluding carboxylic acids is 4. The minimum absolute atomic E-state index is 0.0451. The summed E-state index contributed by atoms with van der Waals surface area (Å²) in [4.78, 5) is 74.0. The number of aryl methyl sites for hydroxylation is 1. The molecule has 3 aromatic rings. The van der Waals surface area contributed by atoms with Crippen LogP contribution in [0.1, 0.15) is 67.2 Å². The number of hydrogen-bond acceptors (Lipinski definition) is 8. The third kappa shape index (κ3) is 8.45. The second-order valence-corrected chi connectivity index (χ2v) is 12.4. The third-order valence-electron chi connectivity index (χ3n) is 8.90. The van der Waals surface area contributed by atoms with E-state index in [2.05, 4.69) is 10.3 Å². The van der Waals surface area contributed by atoms with Gasteiger partial charge in [-0.3, -0.25) is 19.2 Å². The number of carboxylic acid groups (broad SMARTS) is 1. The van der Waals surface area contributed by atoms with Gasteiger partial charge in [0.1, 0.15) is 17.5 Å². The second kappa shape index (κ2) is 15.8. The molecule has 49 heavy (non-hydrogen) atoms. The van der Waals surface area contributed by atoms with Gasteiger partial charge in [-0.1, -0.05) is 36.4 Å². The molecule has 260 valence electrons. The second-order valence-electron chi connectivity index (χ2n) is 12.4. The van der Waals surface area contributed by atoms with Crippen molar-refractivity contribution in [3.05, 3.63) is 71.4 Å². The molecule has 1 aromatic heterocycles. The van der Waals surface area contributed by atoms with Crippen LogP contribution in [-0.4, -0.2) is 106 Å². The average molecular weight is 674 g/mol. The predicted molar refractivity (Wildman–Crippen MR) is 180 cm³/mol. The highest BCUT2D eigenvalue weighted by molar-refractivity contribution is 5.99. The SMILES string of the molecule is CCOC(=O)N1CCN(C(=O)[C@H](CCC(=O)O)NC(=O)c2cc(O[C@H](C)C(=O)N3CCCC3c3ccccc3)c3ccc(C)cc3n2)CC1. The first-order chi connectivity index (χ1) is 23.5. The number of hydrogen-bond donors (Lipinski definition) is 2. The zero-order chi connectivity index (χ0) is 35.1. The number of fused-ring (bicyclic) bond motifs is 1. The molecule has 5 rings (SSSR count). The standard InChI is InChI=1S/C36H43N5O8/c1-4-48-36(47)40-19-17-39(18-20-40)35(46)27(14-15-32(42)43)38-33(44)29-22-31(26-13-12-23(2)21-28(26)37-29)49-24(3)34(45)41-16-8-11-30(41)25-9-6-5-7-10-25/h5-7,9-10,12-13,21-22,24,27,30H,4,8,11,14-20H2,1-3H3,(H,38,44)(H,42,43)/t24-,27+,30?/m1/s1. The van der Waals surface area contributed by atoms with E-state index >= 15 is 0 Å². The summed E-state index contributed by atoms with van der Waals surface area (Å²) in [5.74, 6) is -2.14. The Hall–Kier alpha value is -5.20. The lowest BCUT2D eigenvalue weighted by Crippen LogP contribution is -2.56. The Bertz CT molecular complexity index is 1690. The Morgan fingerprint density at radius 3 is 2.37 bits per heavy atom. The molecule has 2 N–H and O–H groups in total. The number of piperazine rings is 1. The van der Waals surface area contributed by atoms with Crippen LogP contribution in [0.15, 0.2) is 54.6 Å². The maximum Gasteiger partial charge on any atom is 0.409 e. The normalized spacial score (nSPS) is 17.4. The molecule has 0 bridgehead atoms. The zero-order valence-electron chi connectivity index (χ0n) is 28.1. The van der Waals surface area contributed by atoms with Gasteiger partial charge in [0.2, 0.25) is 5.91 Å². The van der Waals surface area contributed by atoms with Crippen LogP contribution in [0.4, 0.5) is 4.79 Å². The number of carbonyl (C=O) groups is 5. The molecule has 0 radical (unpaired) electrons. The molecule has 3 atom stereocenters. The Morgan fingerprint density at radius 2 is 1.67 bits per heavy atom. The topological polar surface area (TPSA) is 159 Å². The molecule has 0 saturated carbocycles. The van der Waals surface area contributed by atoms with Crippen molar-refractivity contribution in [2.45, 2.75) is 64.6 Å². The van der Waals surface area contributed by atoms with E-state index in [0.717, 1.165) is 24.0 Å². The van der Waals surface area contributed by atoms with Gasteiger partial charge in [-0.2, -0.15) is 0 Å². The van der Waals surface area contributed by atoms with Gasteiger partial charge in [-0.25, -0.2) is 9.78 Å². The molecule has 13 nitrogen and oxygen atoms in total. The number of amides is 4. The maximum absolute atomic E-state index is 13.7. The highest BCUT2D eigenvalue weighted by Crippen LogP contribution is 2.33. The van der Waals surface area contributed by atoms with Crippen molar-refractivity contribution in [3.63, 3.8) is 0 Å². The van der Waals surface area contributed by atoms with Crippen LogP contribution >= 0.6 is 0 Å². The van der Waals surface area contributed by atoms with Crippen LogP contribution in [-0.2, 0) is 19.1 Å². The summed E-state index contributed by atoms with van der Waals surface area (Å²) in [6.45, 7) is 7.04. The van der Waals surface area contributed by atoms with E-state index < -0.39 is 36.0 Å². The summed E-state index contributed by atoms with van der Waals surface area (Å²) in [7, 11) is 0. The summed E-state index contributed by atoms with van der Waals surface area (Å²) in [5, 5.41) is 12.7. The van der Waals surface area contributed by atoms with Crippen LogP contribution < -0.4 is 10.1 Å². The quantitative estimate of drug-likeness (QED) is 0.308. The molecular formula is C36H43N5O8. The smallest absolute Gasteiger partial charge is 0.409 e. The number of nitrogens with zero attached hydrogens (tertiary/aromatic N) is 4. The number of pyridine rings is 1.